The Balaban J connectivity index is 1.57. The molecule has 0 aliphatic rings. The van der Waals surface area contributed by atoms with Crippen molar-refractivity contribution in [2.45, 2.75) is 13.3 Å². The van der Waals surface area contributed by atoms with E-state index in [0.717, 1.165) is 5.56 Å². The first-order chi connectivity index (χ1) is 12.3. The molecule has 3 aromatic rings. The molecule has 0 saturated carbocycles. The largest absolute Gasteiger partial charge is 0.493 e. The molecule has 1 N–H and O–H groups in total. The maximum atomic E-state index is 12.3. The zero-order valence-electron chi connectivity index (χ0n) is 13.9. The summed E-state index contributed by atoms with van der Waals surface area (Å²) in [6, 6.07) is 16.7. The fourth-order valence-electron chi connectivity index (χ4n) is 2.37. The van der Waals surface area contributed by atoms with E-state index in [1.807, 2.05) is 49.4 Å². The summed E-state index contributed by atoms with van der Waals surface area (Å²) in [5, 5.41) is 6.80. The molecule has 25 heavy (non-hydrogen) atoms. The molecule has 0 fully saturated rings. The first-order valence-electron chi connectivity index (χ1n) is 8.16. The van der Waals surface area contributed by atoms with Gasteiger partial charge in [-0.2, -0.15) is 4.98 Å². The van der Waals surface area contributed by atoms with Gasteiger partial charge < -0.3 is 14.6 Å². The molecule has 1 heterocycles. The molecule has 2 aromatic carbocycles. The third kappa shape index (κ3) is 4.23. The lowest BCUT2D eigenvalue weighted by atomic mass is 10.2. The summed E-state index contributed by atoms with van der Waals surface area (Å²) in [5.74, 6) is 1.42. The molecule has 6 nitrogen and oxygen atoms in total. The van der Waals surface area contributed by atoms with E-state index >= 15 is 0 Å². The van der Waals surface area contributed by atoms with Gasteiger partial charge in [0.25, 0.3) is 11.8 Å². The first kappa shape index (κ1) is 16.7. The second kappa shape index (κ2) is 8.10. The fraction of sp³-hybridized carbons (Fsp3) is 0.211. The number of nitrogens with one attached hydrogen (secondary N) is 1. The highest BCUT2D eigenvalue weighted by Gasteiger charge is 2.12. The number of ether oxygens (including phenoxy) is 1. The van der Waals surface area contributed by atoms with E-state index in [-0.39, 0.29) is 5.91 Å². The molecule has 3 rings (SSSR count). The molecular weight excluding hydrogens is 318 g/mol. The van der Waals surface area contributed by atoms with Crippen molar-refractivity contribution in [2.75, 3.05) is 13.2 Å². The van der Waals surface area contributed by atoms with E-state index in [1.165, 1.54) is 0 Å². The lowest BCUT2D eigenvalue weighted by Gasteiger charge is -2.09. The van der Waals surface area contributed by atoms with Crippen molar-refractivity contribution in [1.29, 1.82) is 0 Å². The van der Waals surface area contributed by atoms with Gasteiger partial charge in [0.05, 0.1) is 12.2 Å². The predicted octanol–water partition coefficient (Wildman–Crippen LogP) is 3.11. The van der Waals surface area contributed by atoms with Gasteiger partial charge in [-0.05, 0) is 31.2 Å². The number of benzene rings is 2. The van der Waals surface area contributed by atoms with Gasteiger partial charge in [0, 0.05) is 18.5 Å². The maximum Gasteiger partial charge on any atom is 0.257 e. The van der Waals surface area contributed by atoms with E-state index < -0.39 is 0 Å². The van der Waals surface area contributed by atoms with Crippen molar-refractivity contribution in [1.82, 2.24) is 15.5 Å². The molecule has 0 aliphatic heterocycles. The van der Waals surface area contributed by atoms with Gasteiger partial charge in [-0.1, -0.05) is 35.5 Å². The summed E-state index contributed by atoms with van der Waals surface area (Å²) in [7, 11) is 0. The van der Waals surface area contributed by atoms with Gasteiger partial charge in [-0.25, -0.2) is 0 Å². The number of rotatable bonds is 7. The Morgan fingerprint density at radius 1 is 1.12 bits per heavy atom. The van der Waals surface area contributed by atoms with Crippen LogP contribution in [0.1, 0.15) is 23.1 Å². The topological polar surface area (TPSA) is 77.2 Å². The van der Waals surface area contributed by atoms with E-state index in [2.05, 4.69) is 15.5 Å². The molecule has 0 radical (unpaired) electrons. The minimum absolute atomic E-state index is 0.184. The van der Waals surface area contributed by atoms with Gasteiger partial charge in [0.1, 0.15) is 5.75 Å². The average Bonchev–Trinajstić information content (AvgIpc) is 3.12. The molecule has 0 saturated heterocycles. The Hall–Kier alpha value is -3.15. The molecule has 0 atom stereocenters. The minimum Gasteiger partial charge on any atom is -0.493 e. The van der Waals surface area contributed by atoms with Crippen LogP contribution in [0.25, 0.3) is 11.5 Å². The Morgan fingerprint density at radius 3 is 2.68 bits per heavy atom. The highest BCUT2D eigenvalue weighted by Crippen LogP contribution is 2.18. The van der Waals surface area contributed by atoms with Crippen LogP contribution in [0.3, 0.4) is 0 Å². The first-order valence-corrected chi connectivity index (χ1v) is 8.16. The number of hydrogen-bond donors (Lipinski definition) is 1. The van der Waals surface area contributed by atoms with E-state index in [4.69, 9.17) is 9.26 Å². The van der Waals surface area contributed by atoms with Crippen LogP contribution >= 0.6 is 0 Å². The van der Waals surface area contributed by atoms with Crippen molar-refractivity contribution in [3.05, 3.63) is 66.0 Å². The van der Waals surface area contributed by atoms with Gasteiger partial charge >= 0.3 is 0 Å². The van der Waals surface area contributed by atoms with Crippen LogP contribution in [0.2, 0.25) is 0 Å². The van der Waals surface area contributed by atoms with Crippen LogP contribution in [0.5, 0.6) is 5.75 Å². The van der Waals surface area contributed by atoms with Gasteiger partial charge in [-0.3, -0.25) is 4.79 Å². The maximum absolute atomic E-state index is 12.3. The third-order valence-electron chi connectivity index (χ3n) is 3.55. The van der Waals surface area contributed by atoms with E-state index in [0.29, 0.717) is 42.6 Å². The van der Waals surface area contributed by atoms with Crippen molar-refractivity contribution in [2.24, 2.45) is 0 Å². The quantitative estimate of drug-likeness (QED) is 0.717. The molecule has 128 valence electrons. The van der Waals surface area contributed by atoms with Crippen molar-refractivity contribution >= 4 is 5.91 Å². The summed E-state index contributed by atoms with van der Waals surface area (Å²) in [6.07, 6.45) is 0.485. The van der Waals surface area contributed by atoms with Crippen molar-refractivity contribution < 1.29 is 14.1 Å². The van der Waals surface area contributed by atoms with Crippen LogP contribution in [0.15, 0.2) is 59.1 Å². The van der Waals surface area contributed by atoms with E-state index in [1.54, 1.807) is 12.1 Å². The van der Waals surface area contributed by atoms with Crippen LogP contribution in [-0.2, 0) is 6.42 Å². The van der Waals surface area contributed by atoms with E-state index in [9.17, 15) is 4.79 Å². The second-order valence-corrected chi connectivity index (χ2v) is 5.32. The van der Waals surface area contributed by atoms with Crippen LogP contribution in [0, 0.1) is 0 Å². The molecule has 6 heteroatoms. The standard InChI is InChI=1S/C19H19N3O3/c1-2-24-16-11-7-6-10-15(16)18(23)20-13-12-17-21-19(25-22-17)14-8-4-3-5-9-14/h3-11H,2,12-13H2,1H3,(H,20,23). The van der Waals surface area contributed by atoms with Gasteiger partial charge in [-0.15, -0.1) is 0 Å². The molecular formula is C19H19N3O3. The Labute approximate surface area is 145 Å². The van der Waals surface area contributed by atoms with Gasteiger partial charge in [0.15, 0.2) is 5.82 Å². The molecule has 1 amide bonds. The third-order valence-corrected chi connectivity index (χ3v) is 3.55. The lowest BCUT2D eigenvalue weighted by Crippen LogP contribution is -2.26. The minimum atomic E-state index is -0.184. The highest BCUT2D eigenvalue weighted by atomic mass is 16.5. The van der Waals surface area contributed by atoms with Gasteiger partial charge in [0.2, 0.25) is 0 Å². The average molecular weight is 337 g/mol. The van der Waals surface area contributed by atoms with Crippen molar-refractivity contribution in [3.63, 3.8) is 0 Å². The molecule has 0 bridgehead atoms. The summed E-state index contributed by atoms with van der Waals surface area (Å²) in [6.45, 7) is 2.80. The number of amides is 1. The van der Waals surface area contributed by atoms with Crippen molar-refractivity contribution in [3.8, 4) is 17.2 Å². The van der Waals surface area contributed by atoms with Crippen LogP contribution < -0.4 is 10.1 Å². The molecule has 0 unspecified atom stereocenters. The monoisotopic (exact) mass is 337 g/mol. The summed E-state index contributed by atoms with van der Waals surface area (Å²) in [4.78, 5) is 16.6. The number of para-hydroxylation sites is 1. The predicted molar refractivity (Wildman–Crippen MR) is 93.4 cm³/mol. The number of carbonyl (C=O) groups is 1. The summed E-state index contributed by atoms with van der Waals surface area (Å²) in [5.41, 5.74) is 1.39. The number of carbonyl (C=O) groups excluding carboxylic acids is 1. The number of aromatic nitrogens is 2. The lowest BCUT2D eigenvalue weighted by molar-refractivity contribution is 0.0950. The molecule has 0 aliphatic carbocycles. The van der Waals surface area contributed by atoms with Crippen LogP contribution in [0.4, 0.5) is 0 Å². The zero-order chi connectivity index (χ0) is 17.5. The Morgan fingerprint density at radius 2 is 1.88 bits per heavy atom. The fourth-order valence-corrected chi connectivity index (χ4v) is 2.37. The van der Waals surface area contributed by atoms with Crippen LogP contribution in [-0.4, -0.2) is 29.2 Å². The number of hydrogen-bond acceptors (Lipinski definition) is 5. The summed E-state index contributed by atoms with van der Waals surface area (Å²) < 4.78 is 10.7. The highest BCUT2D eigenvalue weighted by molar-refractivity contribution is 5.96. The summed E-state index contributed by atoms with van der Waals surface area (Å²) >= 11 is 0. The molecule has 1 aromatic heterocycles. The SMILES string of the molecule is CCOc1ccccc1C(=O)NCCc1noc(-c2ccccc2)n1. The second-order valence-electron chi connectivity index (χ2n) is 5.32. The number of nitrogens with zero attached hydrogens (tertiary/aromatic N) is 2. The Kier molecular flexibility index (Phi) is 5.41. The molecule has 0 spiro atoms. The normalized spacial score (nSPS) is 10.4. The smallest absolute Gasteiger partial charge is 0.257 e. The Bertz CT molecular complexity index is 831. The zero-order valence-corrected chi connectivity index (χ0v) is 13.9.